The molecule has 1 atom stereocenters. The lowest BCUT2D eigenvalue weighted by atomic mass is 10.1. The van der Waals surface area contributed by atoms with E-state index in [1.165, 1.54) is 0 Å². The lowest BCUT2D eigenvalue weighted by molar-refractivity contribution is 0.226. The Hall–Kier alpha value is -0.543. The van der Waals surface area contributed by atoms with Crippen molar-refractivity contribution in [1.29, 1.82) is 0 Å². The van der Waals surface area contributed by atoms with Crippen LogP contribution in [-0.2, 0) is 4.43 Å². The van der Waals surface area contributed by atoms with Gasteiger partial charge < -0.3 is 10.2 Å². The maximum Gasteiger partial charge on any atom is 0.192 e. The molecule has 3 heteroatoms. The zero-order chi connectivity index (χ0) is 11.7. The number of nitrogens with two attached hydrogens (primary N) is 1. The van der Waals surface area contributed by atoms with E-state index in [-0.39, 0.29) is 11.1 Å². The first kappa shape index (κ1) is 12.5. The van der Waals surface area contributed by atoms with E-state index >= 15 is 0 Å². The summed E-state index contributed by atoms with van der Waals surface area (Å²) in [5.41, 5.74) is 6.53. The summed E-state index contributed by atoms with van der Waals surface area (Å²) in [6.45, 7) is 11.3. The molecule has 0 aromatic rings. The minimum absolute atomic E-state index is 0.221. The van der Waals surface area contributed by atoms with Crippen molar-refractivity contribution in [1.82, 2.24) is 0 Å². The van der Waals surface area contributed by atoms with E-state index in [1.807, 2.05) is 12.2 Å². The molecule has 0 saturated carbocycles. The molecule has 1 unspecified atom stereocenters. The van der Waals surface area contributed by atoms with Gasteiger partial charge in [-0.2, -0.15) is 0 Å². The van der Waals surface area contributed by atoms with Gasteiger partial charge in [0, 0.05) is 5.70 Å². The van der Waals surface area contributed by atoms with E-state index < -0.39 is 8.32 Å². The van der Waals surface area contributed by atoms with Gasteiger partial charge in [0.2, 0.25) is 0 Å². The highest BCUT2D eigenvalue weighted by Crippen LogP contribution is 2.38. The van der Waals surface area contributed by atoms with Crippen LogP contribution in [0.15, 0.2) is 23.9 Å². The average molecular weight is 225 g/mol. The second kappa shape index (κ2) is 4.14. The highest BCUT2D eigenvalue weighted by Gasteiger charge is 2.38. The van der Waals surface area contributed by atoms with Crippen molar-refractivity contribution < 1.29 is 4.43 Å². The largest absolute Gasteiger partial charge is 0.410 e. The van der Waals surface area contributed by atoms with Crippen molar-refractivity contribution in [3.8, 4) is 0 Å². The summed E-state index contributed by atoms with van der Waals surface area (Å²) in [5, 5.41) is 0.271. The molecule has 86 valence electrons. The second-order valence-electron chi connectivity index (χ2n) is 5.72. The first-order valence-corrected chi connectivity index (χ1v) is 8.45. The fourth-order valence-electron chi connectivity index (χ4n) is 1.26. The van der Waals surface area contributed by atoms with Crippen LogP contribution in [0.4, 0.5) is 0 Å². The summed E-state index contributed by atoms with van der Waals surface area (Å²) < 4.78 is 6.24. The van der Waals surface area contributed by atoms with Crippen LogP contribution in [-0.4, -0.2) is 14.4 Å². The molecule has 0 amide bonds. The number of hydrogen-bond acceptors (Lipinski definition) is 2. The summed E-state index contributed by atoms with van der Waals surface area (Å²) in [7, 11) is -1.64. The molecule has 0 fully saturated rings. The Morgan fingerprint density at radius 2 is 2.00 bits per heavy atom. The molecule has 1 rings (SSSR count). The molecule has 0 aromatic heterocycles. The van der Waals surface area contributed by atoms with Gasteiger partial charge in [0.1, 0.15) is 0 Å². The number of hydrogen-bond donors (Lipinski definition) is 1. The molecule has 0 aromatic carbocycles. The Balaban J connectivity index is 2.61. The monoisotopic (exact) mass is 225 g/mol. The lowest BCUT2D eigenvalue weighted by Crippen LogP contribution is -2.43. The summed E-state index contributed by atoms with van der Waals surface area (Å²) in [4.78, 5) is 0. The van der Waals surface area contributed by atoms with E-state index in [1.54, 1.807) is 0 Å². The third kappa shape index (κ3) is 3.21. The predicted molar refractivity (Wildman–Crippen MR) is 68.1 cm³/mol. The zero-order valence-electron chi connectivity index (χ0n) is 10.5. The molecule has 2 nitrogen and oxygen atoms in total. The zero-order valence-corrected chi connectivity index (χ0v) is 11.5. The number of allylic oxidation sites excluding steroid dienone is 1. The highest BCUT2D eigenvalue weighted by atomic mass is 28.4. The molecule has 15 heavy (non-hydrogen) atoms. The highest BCUT2D eigenvalue weighted by molar-refractivity contribution is 6.74. The van der Waals surface area contributed by atoms with Crippen molar-refractivity contribution >= 4 is 8.32 Å². The van der Waals surface area contributed by atoms with Crippen LogP contribution in [0.2, 0.25) is 18.1 Å². The van der Waals surface area contributed by atoms with Gasteiger partial charge >= 0.3 is 0 Å². The molecule has 2 N–H and O–H groups in total. The van der Waals surface area contributed by atoms with Gasteiger partial charge in [-0.1, -0.05) is 32.9 Å². The van der Waals surface area contributed by atoms with Gasteiger partial charge in [-0.25, -0.2) is 0 Å². The van der Waals surface area contributed by atoms with Crippen molar-refractivity contribution in [2.45, 2.75) is 51.4 Å². The van der Waals surface area contributed by atoms with E-state index in [9.17, 15) is 0 Å². The molecular weight excluding hydrogens is 202 g/mol. The Morgan fingerprint density at radius 1 is 1.40 bits per heavy atom. The van der Waals surface area contributed by atoms with Crippen molar-refractivity contribution in [2.75, 3.05) is 0 Å². The molecule has 0 aliphatic heterocycles. The first-order valence-electron chi connectivity index (χ1n) is 5.54. The minimum atomic E-state index is -1.64. The Bertz CT molecular complexity index is 286. The van der Waals surface area contributed by atoms with Crippen molar-refractivity contribution in [3.05, 3.63) is 23.9 Å². The van der Waals surface area contributed by atoms with Gasteiger partial charge in [0.05, 0.1) is 6.10 Å². The van der Waals surface area contributed by atoms with Crippen LogP contribution in [0.1, 0.15) is 27.2 Å². The molecule has 0 heterocycles. The maximum absolute atomic E-state index is 6.24. The van der Waals surface area contributed by atoms with Crippen molar-refractivity contribution in [2.24, 2.45) is 5.73 Å². The van der Waals surface area contributed by atoms with Gasteiger partial charge in [-0.3, -0.25) is 0 Å². The van der Waals surface area contributed by atoms with Crippen LogP contribution in [0.5, 0.6) is 0 Å². The van der Waals surface area contributed by atoms with Crippen LogP contribution >= 0.6 is 0 Å². The molecule has 0 saturated heterocycles. The topological polar surface area (TPSA) is 35.2 Å². The SMILES string of the molecule is CC(C)(C)[Si](C)(C)OC1C=CC(N)=CC1. The third-order valence-electron chi connectivity index (χ3n) is 3.34. The Kier molecular flexibility index (Phi) is 3.46. The fourth-order valence-corrected chi connectivity index (χ4v) is 2.55. The summed E-state index contributed by atoms with van der Waals surface area (Å²) in [6, 6.07) is 0. The molecule has 0 bridgehead atoms. The molecular formula is C12H23NOSi. The Morgan fingerprint density at radius 3 is 2.40 bits per heavy atom. The normalized spacial score (nSPS) is 22.7. The summed E-state index contributed by atoms with van der Waals surface area (Å²) in [6.07, 6.45) is 7.20. The molecule has 0 spiro atoms. The van der Waals surface area contributed by atoms with Crippen LogP contribution < -0.4 is 5.73 Å². The fraction of sp³-hybridized carbons (Fsp3) is 0.667. The van der Waals surface area contributed by atoms with E-state index in [0.29, 0.717) is 0 Å². The minimum Gasteiger partial charge on any atom is -0.410 e. The summed E-state index contributed by atoms with van der Waals surface area (Å²) >= 11 is 0. The maximum atomic E-state index is 6.24. The van der Waals surface area contributed by atoms with Crippen LogP contribution in [0.25, 0.3) is 0 Å². The first-order chi connectivity index (χ1) is 6.72. The quantitative estimate of drug-likeness (QED) is 0.733. The molecule has 1 aliphatic carbocycles. The summed E-state index contributed by atoms with van der Waals surface area (Å²) in [5.74, 6) is 0. The van der Waals surface area contributed by atoms with E-state index in [0.717, 1.165) is 12.1 Å². The second-order valence-corrected chi connectivity index (χ2v) is 10.5. The van der Waals surface area contributed by atoms with Gasteiger partial charge in [-0.05, 0) is 30.6 Å². The van der Waals surface area contributed by atoms with Crippen LogP contribution in [0.3, 0.4) is 0 Å². The van der Waals surface area contributed by atoms with E-state index in [2.05, 4.69) is 39.9 Å². The van der Waals surface area contributed by atoms with Gasteiger partial charge in [-0.15, -0.1) is 0 Å². The smallest absolute Gasteiger partial charge is 0.192 e. The molecule has 1 aliphatic rings. The van der Waals surface area contributed by atoms with Crippen LogP contribution in [0, 0.1) is 0 Å². The third-order valence-corrected chi connectivity index (χ3v) is 7.85. The van der Waals surface area contributed by atoms with E-state index in [4.69, 9.17) is 10.2 Å². The van der Waals surface area contributed by atoms with Gasteiger partial charge in [0.25, 0.3) is 0 Å². The van der Waals surface area contributed by atoms with Crippen molar-refractivity contribution in [3.63, 3.8) is 0 Å². The van der Waals surface area contributed by atoms with Gasteiger partial charge in [0.15, 0.2) is 8.32 Å². The predicted octanol–water partition coefficient (Wildman–Crippen LogP) is 3.18. The Labute approximate surface area is 94.3 Å². The number of rotatable bonds is 2. The molecule has 0 radical (unpaired) electrons. The average Bonchev–Trinajstić information content (AvgIpc) is 2.06. The lowest BCUT2D eigenvalue weighted by Gasteiger charge is -2.38. The standard InChI is InChI=1S/C12H23NOSi/c1-12(2,3)15(4,5)14-11-8-6-10(13)7-9-11/h6-8,11H,9,13H2,1-5H3.